The van der Waals surface area contributed by atoms with Gasteiger partial charge in [-0.3, -0.25) is 9.36 Å². The maximum Gasteiger partial charge on any atom is 0.262 e. The third-order valence-corrected chi connectivity index (χ3v) is 6.04. The molecule has 4 heteroatoms. The van der Waals surface area contributed by atoms with Crippen LogP contribution >= 0.6 is 11.3 Å². The smallest absolute Gasteiger partial charge is 0.262 e. The van der Waals surface area contributed by atoms with Gasteiger partial charge in [0.15, 0.2) is 0 Å². The molecule has 2 heterocycles. The minimum absolute atomic E-state index is 0.134. The molecule has 0 amide bonds. The monoisotopic (exact) mass is 324 g/mol. The summed E-state index contributed by atoms with van der Waals surface area (Å²) >= 11 is 1.72. The van der Waals surface area contributed by atoms with E-state index in [1.165, 1.54) is 34.4 Å². The van der Waals surface area contributed by atoms with Crippen LogP contribution in [0.3, 0.4) is 0 Å². The zero-order valence-electron chi connectivity index (χ0n) is 13.6. The first-order chi connectivity index (χ1) is 11.1. The molecule has 0 radical (unpaired) electrons. The summed E-state index contributed by atoms with van der Waals surface area (Å²) in [5, 5.41) is 0.879. The molecule has 0 unspecified atom stereocenters. The van der Waals surface area contributed by atoms with Gasteiger partial charge in [-0.05, 0) is 56.2 Å². The van der Waals surface area contributed by atoms with Gasteiger partial charge in [-0.25, -0.2) is 4.98 Å². The molecule has 0 fully saturated rings. The van der Waals surface area contributed by atoms with Gasteiger partial charge in [0.25, 0.3) is 5.56 Å². The number of fused-ring (bicyclic) bond motifs is 3. The molecular weight excluding hydrogens is 304 g/mol. The highest BCUT2D eigenvalue weighted by molar-refractivity contribution is 7.18. The molecule has 0 saturated heterocycles. The largest absolute Gasteiger partial charge is 0.292 e. The molecular formula is C19H20N2OS. The third kappa shape index (κ3) is 2.41. The zero-order chi connectivity index (χ0) is 16.0. The first-order valence-corrected chi connectivity index (χ1v) is 9.03. The molecule has 0 spiro atoms. The number of nitrogens with zero attached hydrogens (tertiary/aromatic N) is 2. The fourth-order valence-electron chi connectivity index (χ4n) is 3.48. The molecule has 0 atom stereocenters. The fraction of sp³-hybridized carbons (Fsp3) is 0.368. The van der Waals surface area contributed by atoms with Gasteiger partial charge in [-0.15, -0.1) is 11.3 Å². The summed E-state index contributed by atoms with van der Waals surface area (Å²) in [6.45, 7) is 4.64. The Morgan fingerprint density at radius 2 is 1.96 bits per heavy atom. The topological polar surface area (TPSA) is 34.9 Å². The number of aromatic nitrogens is 2. The van der Waals surface area contributed by atoms with Crippen LogP contribution in [0.15, 0.2) is 29.1 Å². The highest BCUT2D eigenvalue weighted by Crippen LogP contribution is 2.33. The van der Waals surface area contributed by atoms with Crippen molar-refractivity contribution in [2.45, 2.75) is 46.1 Å². The first kappa shape index (κ1) is 14.6. The molecule has 0 bridgehead atoms. The Morgan fingerprint density at radius 1 is 1.17 bits per heavy atom. The maximum absolute atomic E-state index is 13.1. The predicted molar refractivity (Wildman–Crippen MR) is 95.5 cm³/mol. The van der Waals surface area contributed by atoms with Crippen molar-refractivity contribution in [3.05, 3.63) is 62.0 Å². The average molecular weight is 324 g/mol. The molecule has 4 rings (SSSR count). The van der Waals surface area contributed by atoms with E-state index in [0.717, 1.165) is 28.9 Å². The SMILES string of the molecule is Cc1ccccc1Cn1c(C)nc2sc3c(c2c1=O)CCCC3. The lowest BCUT2D eigenvalue weighted by molar-refractivity contribution is 0.692. The van der Waals surface area contributed by atoms with Crippen LogP contribution in [0.5, 0.6) is 0 Å². The number of benzene rings is 1. The molecule has 118 valence electrons. The number of hydrogen-bond acceptors (Lipinski definition) is 3. The predicted octanol–water partition coefficient (Wildman–Crippen LogP) is 4.00. The van der Waals surface area contributed by atoms with Crippen LogP contribution in [0, 0.1) is 13.8 Å². The van der Waals surface area contributed by atoms with Crippen LogP contribution in [0.2, 0.25) is 0 Å². The standard InChI is InChI=1S/C19H20N2OS/c1-12-7-3-4-8-14(12)11-21-13(2)20-18-17(19(21)22)15-9-5-6-10-16(15)23-18/h3-4,7-8H,5-6,9-11H2,1-2H3. The summed E-state index contributed by atoms with van der Waals surface area (Å²) in [6, 6.07) is 8.24. The molecule has 1 aliphatic carbocycles. The lowest BCUT2D eigenvalue weighted by atomic mass is 9.97. The van der Waals surface area contributed by atoms with Crippen LogP contribution in [0.1, 0.15) is 40.2 Å². The Morgan fingerprint density at radius 3 is 2.78 bits per heavy atom. The lowest BCUT2D eigenvalue weighted by Gasteiger charge is -2.13. The Kier molecular flexibility index (Phi) is 3.57. The van der Waals surface area contributed by atoms with Crippen LogP contribution in [-0.2, 0) is 19.4 Å². The summed E-state index contributed by atoms with van der Waals surface area (Å²) in [5.41, 5.74) is 3.80. The van der Waals surface area contributed by atoms with Crippen LogP contribution in [-0.4, -0.2) is 9.55 Å². The van der Waals surface area contributed by atoms with Crippen molar-refractivity contribution in [2.24, 2.45) is 0 Å². The second-order valence-corrected chi connectivity index (χ2v) is 7.45. The highest BCUT2D eigenvalue weighted by Gasteiger charge is 2.21. The van der Waals surface area contributed by atoms with Crippen molar-refractivity contribution in [2.75, 3.05) is 0 Å². The summed E-state index contributed by atoms with van der Waals surface area (Å²) in [6.07, 6.45) is 4.55. The first-order valence-electron chi connectivity index (χ1n) is 8.21. The van der Waals surface area contributed by atoms with Crippen LogP contribution in [0.4, 0.5) is 0 Å². The zero-order valence-corrected chi connectivity index (χ0v) is 14.4. The molecule has 1 aliphatic rings. The lowest BCUT2D eigenvalue weighted by Crippen LogP contribution is -2.25. The van der Waals surface area contributed by atoms with E-state index in [-0.39, 0.29) is 5.56 Å². The Labute approximate surface area is 139 Å². The van der Waals surface area contributed by atoms with E-state index in [9.17, 15) is 4.79 Å². The Bertz CT molecular complexity index is 952. The van der Waals surface area contributed by atoms with Gasteiger partial charge >= 0.3 is 0 Å². The third-order valence-electron chi connectivity index (χ3n) is 4.86. The average Bonchev–Trinajstić information content (AvgIpc) is 2.91. The van der Waals surface area contributed by atoms with Crippen molar-refractivity contribution in [3.63, 3.8) is 0 Å². The molecule has 2 aromatic heterocycles. The summed E-state index contributed by atoms with van der Waals surface area (Å²) in [4.78, 5) is 20.2. The molecule has 3 aromatic rings. The Balaban J connectivity index is 1.90. The second-order valence-electron chi connectivity index (χ2n) is 6.37. The molecule has 1 aromatic carbocycles. The maximum atomic E-state index is 13.1. The molecule has 0 saturated carbocycles. The summed E-state index contributed by atoms with van der Waals surface area (Å²) in [7, 11) is 0. The van der Waals surface area contributed by atoms with Gasteiger partial charge in [-0.1, -0.05) is 24.3 Å². The molecule has 0 aliphatic heterocycles. The van der Waals surface area contributed by atoms with Crippen molar-refractivity contribution in [1.29, 1.82) is 0 Å². The number of hydrogen-bond donors (Lipinski definition) is 0. The molecule has 0 N–H and O–H groups in total. The van der Waals surface area contributed by atoms with Crippen molar-refractivity contribution >= 4 is 21.6 Å². The van der Waals surface area contributed by atoms with Gasteiger partial charge in [0.05, 0.1) is 11.9 Å². The number of rotatable bonds is 2. The quantitative estimate of drug-likeness (QED) is 0.714. The highest BCUT2D eigenvalue weighted by atomic mass is 32.1. The van der Waals surface area contributed by atoms with Gasteiger partial charge in [0, 0.05) is 4.88 Å². The van der Waals surface area contributed by atoms with E-state index >= 15 is 0 Å². The second kappa shape index (κ2) is 5.60. The van der Waals surface area contributed by atoms with Crippen molar-refractivity contribution in [3.8, 4) is 0 Å². The van der Waals surface area contributed by atoms with Gasteiger partial charge in [-0.2, -0.15) is 0 Å². The van der Waals surface area contributed by atoms with E-state index in [1.54, 1.807) is 11.3 Å². The van der Waals surface area contributed by atoms with Crippen molar-refractivity contribution in [1.82, 2.24) is 9.55 Å². The van der Waals surface area contributed by atoms with E-state index in [4.69, 9.17) is 4.98 Å². The normalized spacial score (nSPS) is 14.2. The van der Waals surface area contributed by atoms with Crippen LogP contribution < -0.4 is 5.56 Å². The summed E-state index contributed by atoms with van der Waals surface area (Å²) < 4.78 is 1.84. The van der Waals surface area contributed by atoms with Gasteiger partial charge in [0.2, 0.25) is 0 Å². The molecule has 23 heavy (non-hydrogen) atoms. The van der Waals surface area contributed by atoms with E-state index < -0.39 is 0 Å². The van der Waals surface area contributed by atoms with E-state index in [2.05, 4.69) is 19.1 Å². The van der Waals surface area contributed by atoms with E-state index in [1.807, 2.05) is 23.6 Å². The Hall–Kier alpha value is -1.94. The number of aryl methyl sites for hydroxylation is 4. The summed E-state index contributed by atoms with van der Waals surface area (Å²) in [5.74, 6) is 0.810. The van der Waals surface area contributed by atoms with Crippen molar-refractivity contribution < 1.29 is 0 Å². The van der Waals surface area contributed by atoms with Gasteiger partial charge in [0.1, 0.15) is 10.7 Å². The number of thiophene rings is 1. The van der Waals surface area contributed by atoms with Crippen LogP contribution in [0.25, 0.3) is 10.2 Å². The van der Waals surface area contributed by atoms with E-state index in [0.29, 0.717) is 6.54 Å². The molecule has 3 nitrogen and oxygen atoms in total. The minimum Gasteiger partial charge on any atom is -0.292 e. The fourth-order valence-corrected chi connectivity index (χ4v) is 4.78. The van der Waals surface area contributed by atoms with Gasteiger partial charge < -0.3 is 0 Å². The minimum atomic E-state index is 0.134.